The molecule has 1 unspecified atom stereocenters. The first kappa shape index (κ1) is 11.0. The molecule has 0 bridgehead atoms. The molecule has 0 aliphatic rings. The molecule has 0 aromatic carbocycles. The van der Waals surface area contributed by atoms with Gasteiger partial charge in [0.05, 0.1) is 18.0 Å². The highest BCUT2D eigenvalue weighted by molar-refractivity contribution is 5.25. The predicted molar refractivity (Wildman–Crippen MR) is 62.2 cm³/mol. The molecule has 2 aromatic heterocycles. The Kier molecular flexibility index (Phi) is 3.10. The van der Waals surface area contributed by atoms with E-state index in [2.05, 4.69) is 17.3 Å². The summed E-state index contributed by atoms with van der Waals surface area (Å²) in [5, 5.41) is 7.83. The van der Waals surface area contributed by atoms with Gasteiger partial charge in [-0.05, 0) is 25.6 Å². The average molecular weight is 219 g/mol. The second kappa shape index (κ2) is 4.53. The van der Waals surface area contributed by atoms with E-state index in [-0.39, 0.29) is 6.04 Å². The van der Waals surface area contributed by atoms with Crippen molar-refractivity contribution in [3.05, 3.63) is 41.6 Å². The van der Waals surface area contributed by atoms with Crippen LogP contribution in [0.2, 0.25) is 0 Å². The third kappa shape index (κ3) is 2.17. The molecule has 0 spiro atoms. The summed E-state index contributed by atoms with van der Waals surface area (Å²) in [7, 11) is 1.92. The molecule has 2 heterocycles. The van der Waals surface area contributed by atoms with Crippen LogP contribution in [0.4, 0.5) is 0 Å². The van der Waals surface area contributed by atoms with Crippen LogP contribution in [-0.2, 0) is 7.05 Å². The lowest BCUT2D eigenvalue weighted by Gasteiger charge is -2.13. The molecule has 0 aliphatic heterocycles. The van der Waals surface area contributed by atoms with Crippen molar-refractivity contribution in [3.63, 3.8) is 0 Å². The Morgan fingerprint density at radius 1 is 1.56 bits per heavy atom. The van der Waals surface area contributed by atoms with Crippen LogP contribution in [0, 0.1) is 6.92 Å². The molecule has 0 aliphatic carbocycles. The third-order valence-corrected chi connectivity index (χ3v) is 2.52. The van der Waals surface area contributed by atoms with Gasteiger partial charge in [0.15, 0.2) is 0 Å². The highest BCUT2D eigenvalue weighted by Gasteiger charge is 2.17. The van der Waals surface area contributed by atoms with Gasteiger partial charge in [0.25, 0.3) is 0 Å². The Balaban J connectivity index is 2.30. The van der Waals surface area contributed by atoms with E-state index in [0.29, 0.717) is 0 Å². The van der Waals surface area contributed by atoms with Crippen LogP contribution in [-0.4, -0.2) is 16.3 Å². The fraction of sp³-hybridized carbons (Fsp3) is 0.417. The van der Waals surface area contributed by atoms with Crippen molar-refractivity contribution in [3.8, 4) is 0 Å². The summed E-state index contributed by atoms with van der Waals surface area (Å²) in [5.41, 5.74) is 2.14. The maximum atomic E-state index is 5.35. The maximum absolute atomic E-state index is 5.35. The Bertz CT molecular complexity index is 418. The fourth-order valence-electron chi connectivity index (χ4n) is 1.80. The van der Waals surface area contributed by atoms with Crippen molar-refractivity contribution in [1.82, 2.24) is 15.1 Å². The molecule has 16 heavy (non-hydrogen) atoms. The summed E-state index contributed by atoms with van der Waals surface area (Å²) in [6.07, 6.45) is 3.74. The third-order valence-electron chi connectivity index (χ3n) is 2.52. The minimum absolute atomic E-state index is 0.114. The Labute approximate surface area is 95.3 Å². The smallest absolute Gasteiger partial charge is 0.101 e. The van der Waals surface area contributed by atoms with Crippen LogP contribution in [0.1, 0.15) is 30.0 Å². The standard InChI is InChI=1S/C12H17N3O/c1-4-13-12(10-7-9(2)16-8-10)11-5-6-15(3)14-11/h5-8,12-13H,4H2,1-3H3. The predicted octanol–water partition coefficient (Wildman–Crippen LogP) is 2.02. The first-order valence-corrected chi connectivity index (χ1v) is 5.48. The number of hydrogen-bond donors (Lipinski definition) is 1. The number of rotatable bonds is 4. The quantitative estimate of drug-likeness (QED) is 0.855. The molecule has 0 amide bonds. The van der Waals surface area contributed by atoms with Gasteiger partial charge in [-0.2, -0.15) is 5.10 Å². The molecule has 4 nitrogen and oxygen atoms in total. The van der Waals surface area contributed by atoms with Gasteiger partial charge in [0.2, 0.25) is 0 Å². The molecular formula is C12H17N3O. The highest BCUT2D eigenvalue weighted by atomic mass is 16.3. The van der Waals surface area contributed by atoms with E-state index in [1.54, 1.807) is 6.26 Å². The lowest BCUT2D eigenvalue weighted by molar-refractivity contribution is 0.523. The van der Waals surface area contributed by atoms with Crippen LogP contribution in [0.5, 0.6) is 0 Å². The maximum Gasteiger partial charge on any atom is 0.101 e. The average Bonchev–Trinajstić information content (AvgIpc) is 2.84. The van der Waals surface area contributed by atoms with Crippen molar-refractivity contribution in [1.29, 1.82) is 0 Å². The summed E-state index contributed by atoms with van der Waals surface area (Å²) in [5.74, 6) is 0.925. The van der Waals surface area contributed by atoms with Gasteiger partial charge in [-0.15, -0.1) is 0 Å². The zero-order valence-corrected chi connectivity index (χ0v) is 9.90. The number of aryl methyl sites for hydroxylation is 2. The summed E-state index contributed by atoms with van der Waals surface area (Å²) in [6, 6.07) is 4.18. The van der Waals surface area contributed by atoms with Crippen LogP contribution in [0.3, 0.4) is 0 Å². The molecule has 2 aromatic rings. The van der Waals surface area contributed by atoms with Gasteiger partial charge >= 0.3 is 0 Å². The monoisotopic (exact) mass is 219 g/mol. The lowest BCUT2D eigenvalue weighted by Crippen LogP contribution is -2.22. The summed E-state index contributed by atoms with van der Waals surface area (Å²) < 4.78 is 7.16. The van der Waals surface area contributed by atoms with E-state index >= 15 is 0 Å². The van der Waals surface area contributed by atoms with Crippen molar-refractivity contribution in [2.75, 3.05) is 6.54 Å². The van der Waals surface area contributed by atoms with E-state index < -0.39 is 0 Å². The number of hydrogen-bond acceptors (Lipinski definition) is 3. The Morgan fingerprint density at radius 2 is 2.38 bits per heavy atom. The summed E-state index contributed by atoms with van der Waals surface area (Å²) in [4.78, 5) is 0. The van der Waals surface area contributed by atoms with Gasteiger partial charge in [-0.3, -0.25) is 4.68 Å². The van der Waals surface area contributed by atoms with E-state index in [1.807, 2.05) is 37.0 Å². The molecule has 0 fully saturated rings. The fourth-order valence-corrected chi connectivity index (χ4v) is 1.80. The first-order valence-electron chi connectivity index (χ1n) is 5.48. The molecule has 0 saturated heterocycles. The minimum atomic E-state index is 0.114. The van der Waals surface area contributed by atoms with Gasteiger partial charge in [-0.25, -0.2) is 0 Å². The number of aromatic nitrogens is 2. The van der Waals surface area contributed by atoms with Gasteiger partial charge in [0.1, 0.15) is 5.76 Å². The van der Waals surface area contributed by atoms with Crippen molar-refractivity contribution in [2.24, 2.45) is 7.05 Å². The van der Waals surface area contributed by atoms with E-state index in [0.717, 1.165) is 23.6 Å². The molecule has 4 heteroatoms. The Hall–Kier alpha value is -1.55. The lowest BCUT2D eigenvalue weighted by atomic mass is 10.1. The van der Waals surface area contributed by atoms with Gasteiger partial charge in [-0.1, -0.05) is 6.92 Å². The van der Waals surface area contributed by atoms with Crippen molar-refractivity contribution < 1.29 is 4.42 Å². The second-order valence-corrected chi connectivity index (χ2v) is 3.90. The molecule has 1 atom stereocenters. The van der Waals surface area contributed by atoms with Crippen LogP contribution < -0.4 is 5.32 Å². The number of nitrogens with one attached hydrogen (secondary N) is 1. The molecule has 0 radical (unpaired) electrons. The van der Waals surface area contributed by atoms with Crippen molar-refractivity contribution >= 4 is 0 Å². The summed E-state index contributed by atoms with van der Waals surface area (Å²) in [6.45, 7) is 4.93. The number of nitrogens with zero attached hydrogens (tertiary/aromatic N) is 2. The SMILES string of the molecule is CCNC(c1coc(C)c1)c1ccn(C)n1. The van der Waals surface area contributed by atoms with Crippen molar-refractivity contribution in [2.45, 2.75) is 19.9 Å². The van der Waals surface area contributed by atoms with Crippen LogP contribution in [0.15, 0.2) is 29.0 Å². The molecule has 0 saturated carbocycles. The first-order chi connectivity index (χ1) is 7.70. The molecule has 2 rings (SSSR count). The zero-order valence-electron chi connectivity index (χ0n) is 9.90. The molecular weight excluding hydrogens is 202 g/mol. The van der Waals surface area contributed by atoms with E-state index in [1.165, 1.54) is 0 Å². The van der Waals surface area contributed by atoms with Crippen LogP contribution in [0.25, 0.3) is 0 Å². The van der Waals surface area contributed by atoms with Gasteiger partial charge in [0, 0.05) is 18.8 Å². The van der Waals surface area contributed by atoms with Crippen LogP contribution >= 0.6 is 0 Å². The van der Waals surface area contributed by atoms with E-state index in [4.69, 9.17) is 4.42 Å². The van der Waals surface area contributed by atoms with E-state index in [9.17, 15) is 0 Å². The molecule has 1 N–H and O–H groups in total. The normalized spacial score (nSPS) is 12.9. The topological polar surface area (TPSA) is 43.0 Å². The minimum Gasteiger partial charge on any atom is -0.469 e. The largest absolute Gasteiger partial charge is 0.469 e. The molecule has 86 valence electrons. The van der Waals surface area contributed by atoms with Gasteiger partial charge < -0.3 is 9.73 Å². The Morgan fingerprint density at radius 3 is 2.88 bits per heavy atom. The summed E-state index contributed by atoms with van der Waals surface area (Å²) >= 11 is 0. The number of furan rings is 1. The second-order valence-electron chi connectivity index (χ2n) is 3.90. The zero-order chi connectivity index (χ0) is 11.5. The highest BCUT2D eigenvalue weighted by Crippen LogP contribution is 2.22.